The Labute approximate surface area is 45.0 Å². The van der Waals surface area contributed by atoms with Gasteiger partial charge in [0, 0.05) is 6.42 Å². The first kappa shape index (κ1) is 6.67. The SMILES string of the molecule is C=[O+]CCCCC. The molecule has 0 unspecified atom stereocenters. The molecule has 0 rings (SSSR count). The van der Waals surface area contributed by atoms with Crippen molar-refractivity contribution in [3.8, 4) is 0 Å². The van der Waals surface area contributed by atoms with Crippen LogP contribution in [0, 0.1) is 0 Å². The molecule has 0 aliphatic carbocycles. The van der Waals surface area contributed by atoms with E-state index in [0.29, 0.717) is 0 Å². The molecule has 0 aromatic carbocycles. The molecule has 1 nitrogen and oxygen atoms in total. The van der Waals surface area contributed by atoms with Crippen LogP contribution in [0.3, 0.4) is 0 Å². The predicted octanol–water partition coefficient (Wildman–Crippen LogP) is 1.54. The van der Waals surface area contributed by atoms with Crippen molar-refractivity contribution in [2.75, 3.05) is 6.61 Å². The number of unbranched alkanes of at least 4 members (excludes halogenated alkanes) is 2. The molecule has 0 bridgehead atoms. The summed E-state index contributed by atoms with van der Waals surface area (Å²) in [6, 6.07) is 0. The van der Waals surface area contributed by atoms with Crippen LogP contribution in [0.5, 0.6) is 0 Å². The first-order valence-corrected chi connectivity index (χ1v) is 2.78. The number of rotatable bonds is 4. The van der Waals surface area contributed by atoms with Crippen molar-refractivity contribution in [3.05, 3.63) is 0 Å². The molecule has 0 saturated carbocycles. The maximum absolute atomic E-state index is 4.59. The van der Waals surface area contributed by atoms with Gasteiger partial charge in [0.1, 0.15) is 0 Å². The summed E-state index contributed by atoms with van der Waals surface area (Å²) >= 11 is 0. The van der Waals surface area contributed by atoms with Crippen LogP contribution in [0.25, 0.3) is 0 Å². The third-order valence-electron chi connectivity index (χ3n) is 0.892. The number of hydrogen-bond donors (Lipinski definition) is 0. The molecule has 0 radical (unpaired) electrons. The summed E-state index contributed by atoms with van der Waals surface area (Å²) in [5.41, 5.74) is 0. The molecular weight excluding hydrogens is 88.1 g/mol. The molecule has 0 aliphatic heterocycles. The summed E-state index contributed by atoms with van der Waals surface area (Å²) in [5, 5.41) is 0. The second-order valence-corrected chi connectivity index (χ2v) is 1.62. The van der Waals surface area contributed by atoms with Gasteiger partial charge in [-0.3, -0.25) is 4.42 Å². The zero-order valence-electron chi connectivity index (χ0n) is 4.94. The third-order valence-corrected chi connectivity index (χ3v) is 0.892. The van der Waals surface area contributed by atoms with E-state index in [1.54, 1.807) is 0 Å². The Hall–Kier alpha value is -0.330. The number of carbonyl (C=O) groups excluding carboxylic acids is 1. The van der Waals surface area contributed by atoms with Crippen LogP contribution in [0.15, 0.2) is 0 Å². The van der Waals surface area contributed by atoms with Crippen LogP contribution in [0.2, 0.25) is 0 Å². The summed E-state index contributed by atoms with van der Waals surface area (Å²) < 4.78 is 4.59. The summed E-state index contributed by atoms with van der Waals surface area (Å²) in [6.45, 7) is 6.24. The van der Waals surface area contributed by atoms with Gasteiger partial charge in [0.05, 0.1) is 0 Å². The summed E-state index contributed by atoms with van der Waals surface area (Å²) in [6.07, 6.45) is 3.67. The van der Waals surface area contributed by atoms with Gasteiger partial charge in [0.25, 0.3) is 13.4 Å². The van der Waals surface area contributed by atoms with Crippen molar-refractivity contribution in [3.63, 3.8) is 0 Å². The minimum Gasteiger partial charge on any atom is -0.270 e. The molecule has 0 saturated heterocycles. The van der Waals surface area contributed by atoms with Gasteiger partial charge in [0.15, 0.2) is 0 Å². The van der Waals surface area contributed by atoms with Crippen LogP contribution in [0.1, 0.15) is 26.2 Å². The Morgan fingerprint density at radius 1 is 1.43 bits per heavy atom. The van der Waals surface area contributed by atoms with Gasteiger partial charge in [-0.25, -0.2) is 0 Å². The Morgan fingerprint density at radius 2 is 2.14 bits per heavy atom. The van der Waals surface area contributed by atoms with E-state index in [-0.39, 0.29) is 0 Å². The lowest BCUT2D eigenvalue weighted by Gasteiger charge is -1.81. The molecule has 0 heterocycles. The highest BCUT2D eigenvalue weighted by molar-refractivity contribution is 5.12. The van der Waals surface area contributed by atoms with E-state index in [0.717, 1.165) is 13.0 Å². The third kappa shape index (κ3) is 5.67. The van der Waals surface area contributed by atoms with Crippen molar-refractivity contribution >= 4 is 6.79 Å². The van der Waals surface area contributed by atoms with E-state index in [1.807, 2.05) is 0 Å². The fraction of sp³-hybridized carbons (Fsp3) is 0.833. The van der Waals surface area contributed by atoms with Crippen molar-refractivity contribution < 1.29 is 4.42 Å². The van der Waals surface area contributed by atoms with E-state index in [2.05, 4.69) is 18.1 Å². The smallest absolute Gasteiger partial charge is 0.270 e. The molecule has 7 heavy (non-hydrogen) atoms. The Bertz CT molecular complexity index is 41.4. The van der Waals surface area contributed by atoms with E-state index in [1.165, 1.54) is 12.8 Å². The van der Waals surface area contributed by atoms with E-state index < -0.39 is 0 Å². The minimum absolute atomic E-state index is 0.813. The normalized spacial score (nSPS) is 8.71. The lowest BCUT2D eigenvalue weighted by Crippen LogP contribution is -1.81. The second kappa shape index (κ2) is 5.67. The topological polar surface area (TPSA) is 11.3 Å². The molecule has 0 N–H and O–H groups in total. The van der Waals surface area contributed by atoms with Gasteiger partial charge in [-0.05, 0) is 6.42 Å². The molecule has 0 amide bonds. The quantitative estimate of drug-likeness (QED) is 0.376. The summed E-state index contributed by atoms with van der Waals surface area (Å²) in [4.78, 5) is 0. The first-order valence-electron chi connectivity index (χ1n) is 2.78. The molecule has 0 spiro atoms. The minimum atomic E-state index is 0.813. The molecule has 0 aromatic rings. The monoisotopic (exact) mass is 101 g/mol. The Balaban J connectivity index is 2.56. The second-order valence-electron chi connectivity index (χ2n) is 1.62. The van der Waals surface area contributed by atoms with Crippen molar-refractivity contribution in [1.29, 1.82) is 0 Å². The van der Waals surface area contributed by atoms with Gasteiger partial charge < -0.3 is 0 Å². The molecule has 0 aromatic heterocycles. The molecular formula is C6H13O+. The van der Waals surface area contributed by atoms with Gasteiger partial charge in [-0.2, -0.15) is 0 Å². The predicted molar refractivity (Wildman–Crippen MR) is 31.5 cm³/mol. The lowest BCUT2D eigenvalue weighted by molar-refractivity contribution is -0.447. The average molecular weight is 101 g/mol. The summed E-state index contributed by atoms with van der Waals surface area (Å²) in [7, 11) is 0. The maximum atomic E-state index is 4.59. The lowest BCUT2D eigenvalue weighted by atomic mass is 10.3. The van der Waals surface area contributed by atoms with E-state index in [9.17, 15) is 0 Å². The summed E-state index contributed by atoms with van der Waals surface area (Å²) in [5.74, 6) is 0. The van der Waals surface area contributed by atoms with E-state index in [4.69, 9.17) is 0 Å². The number of hydrogen-bond acceptors (Lipinski definition) is 0. The average Bonchev–Trinajstić information content (AvgIpc) is 1.69. The zero-order chi connectivity index (χ0) is 5.54. The fourth-order valence-corrected chi connectivity index (χ4v) is 0.454. The van der Waals surface area contributed by atoms with Gasteiger partial charge in [-0.15, -0.1) is 0 Å². The highest BCUT2D eigenvalue weighted by Crippen LogP contribution is 1.90. The van der Waals surface area contributed by atoms with Gasteiger partial charge in [0.2, 0.25) is 0 Å². The van der Waals surface area contributed by atoms with Crippen molar-refractivity contribution in [1.82, 2.24) is 0 Å². The van der Waals surface area contributed by atoms with Gasteiger partial charge in [-0.1, -0.05) is 13.3 Å². The van der Waals surface area contributed by atoms with Crippen LogP contribution in [0.4, 0.5) is 0 Å². The molecule has 0 fully saturated rings. The van der Waals surface area contributed by atoms with Crippen LogP contribution >= 0.6 is 0 Å². The van der Waals surface area contributed by atoms with Crippen LogP contribution < -0.4 is 0 Å². The molecule has 1 heteroatoms. The van der Waals surface area contributed by atoms with Crippen molar-refractivity contribution in [2.24, 2.45) is 0 Å². The highest BCUT2D eigenvalue weighted by atomic mass is 16.4. The van der Waals surface area contributed by atoms with Gasteiger partial charge >= 0.3 is 0 Å². The Morgan fingerprint density at radius 3 is 2.57 bits per heavy atom. The first-order chi connectivity index (χ1) is 3.41. The zero-order valence-corrected chi connectivity index (χ0v) is 4.94. The Kier molecular flexibility index (Phi) is 5.40. The largest absolute Gasteiger partial charge is 0.273 e. The van der Waals surface area contributed by atoms with Crippen LogP contribution in [-0.4, -0.2) is 13.4 Å². The fourth-order valence-electron chi connectivity index (χ4n) is 0.454. The van der Waals surface area contributed by atoms with E-state index >= 15 is 0 Å². The molecule has 42 valence electrons. The highest BCUT2D eigenvalue weighted by Gasteiger charge is 1.85. The van der Waals surface area contributed by atoms with Crippen LogP contribution in [-0.2, 0) is 4.42 Å². The molecule has 0 atom stereocenters. The molecule has 0 aliphatic rings. The van der Waals surface area contributed by atoms with Crippen molar-refractivity contribution in [2.45, 2.75) is 26.2 Å². The maximum Gasteiger partial charge on any atom is 0.273 e. The standard InChI is InChI=1S/C6H13O/c1-3-4-5-6-7-2/h2-6H2,1H3/q+1.